The van der Waals surface area contributed by atoms with Gasteiger partial charge in [-0.3, -0.25) is 19.3 Å². The van der Waals surface area contributed by atoms with Gasteiger partial charge >= 0.3 is 0 Å². The first kappa shape index (κ1) is 24.3. The molecule has 1 amide bonds. The highest BCUT2D eigenvalue weighted by atomic mass is 35.5. The zero-order valence-electron chi connectivity index (χ0n) is 17.8. The van der Waals surface area contributed by atoms with Crippen LogP contribution in [0.3, 0.4) is 0 Å². The molecule has 0 N–H and O–H groups in total. The summed E-state index contributed by atoms with van der Waals surface area (Å²) in [6.45, 7) is 13.7. The molecule has 0 unspecified atom stereocenters. The lowest BCUT2D eigenvalue weighted by Gasteiger charge is -2.32. The molecule has 0 saturated carbocycles. The monoisotopic (exact) mass is 452 g/mol. The van der Waals surface area contributed by atoms with Crippen LogP contribution in [0.1, 0.15) is 25.1 Å². The van der Waals surface area contributed by atoms with Crippen molar-refractivity contribution >= 4 is 35.7 Å². The number of piperazine rings is 1. The van der Waals surface area contributed by atoms with Crippen molar-refractivity contribution in [2.24, 2.45) is 5.92 Å². The van der Waals surface area contributed by atoms with Crippen LogP contribution in [-0.2, 0) is 11.3 Å². The Morgan fingerprint density at radius 1 is 1.30 bits per heavy atom. The number of hydrogen-bond acceptors (Lipinski definition) is 4. The van der Waals surface area contributed by atoms with Crippen molar-refractivity contribution in [3.63, 3.8) is 0 Å². The molecule has 0 radical (unpaired) electrons. The van der Waals surface area contributed by atoms with Crippen LogP contribution in [0.15, 0.2) is 36.9 Å². The molecule has 0 atom stereocenters. The van der Waals surface area contributed by atoms with Crippen LogP contribution in [0.2, 0.25) is 5.02 Å². The Kier molecular flexibility index (Phi) is 8.77. The van der Waals surface area contributed by atoms with E-state index in [1.807, 2.05) is 41.9 Å². The SMILES string of the molecule is C=CCN1CCN(c2cc(C)n(Cc3cc(Cl)ccc3OCC(C)C)n2)C(=O)C1.Cl. The summed E-state index contributed by atoms with van der Waals surface area (Å²) < 4.78 is 7.86. The highest BCUT2D eigenvalue weighted by Gasteiger charge is 2.26. The van der Waals surface area contributed by atoms with Gasteiger partial charge in [0.2, 0.25) is 5.91 Å². The summed E-state index contributed by atoms with van der Waals surface area (Å²) >= 11 is 6.22. The van der Waals surface area contributed by atoms with Crippen molar-refractivity contribution in [1.82, 2.24) is 14.7 Å². The number of benzene rings is 1. The molecule has 1 aliphatic rings. The number of carbonyl (C=O) groups excluding carboxylic acids is 1. The molecule has 1 aromatic carbocycles. The lowest BCUT2D eigenvalue weighted by Crippen LogP contribution is -2.50. The van der Waals surface area contributed by atoms with Crippen LogP contribution >= 0.6 is 24.0 Å². The summed E-state index contributed by atoms with van der Waals surface area (Å²) in [5.74, 6) is 2.00. The van der Waals surface area contributed by atoms with Crippen LogP contribution in [0.4, 0.5) is 5.82 Å². The average molecular weight is 453 g/mol. The van der Waals surface area contributed by atoms with E-state index in [4.69, 9.17) is 21.4 Å². The van der Waals surface area contributed by atoms with E-state index >= 15 is 0 Å². The Balaban J connectivity index is 0.00000320. The second-order valence-electron chi connectivity index (χ2n) is 7.83. The number of aryl methyl sites for hydroxylation is 1. The van der Waals surface area contributed by atoms with Gasteiger partial charge in [0, 0.05) is 42.0 Å². The number of halogens is 2. The van der Waals surface area contributed by atoms with Crippen LogP contribution in [0.25, 0.3) is 0 Å². The van der Waals surface area contributed by atoms with Gasteiger partial charge in [0.15, 0.2) is 5.82 Å². The van der Waals surface area contributed by atoms with Crippen molar-refractivity contribution in [3.05, 3.63) is 53.2 Å². The molecule has 6 nitrogen and oxygen atoms in total. The third kappa shape index (κ3) is 6.00. The Morgan fingerprint density at radius 2 is 2.07 bits per heavy atom. The third-order valence-electron chi connectivity index (χ3n) is 4.85. The molecule has 0 aliphatic carbocycles. The molecule has 164 valence electrons. The maximum atomic E-state index is 12.6. The summed E-state index contributed by atoms with van der Waals surface area (Å²) in [6, 6.07) is 7.61. The molecule has 1 saturated heterocycles. The van der Waals surface area contributed by atoms with Crippen molar-refractivity contribution in [2.45, 2.75) is 27.3 Å². The number of carbonyl (C=O) groups is 1. The van der Waals surface area contributed by atoms with Gasteiger partial charge in [-0.2, -0.15) is 5.10 Å². The minimum Gasteiger partial charge on any atom is -0.493 e. The molecule has 30 heavy (non-hydrogen) atoms. The molecule has 8 heteroatoms. The third-order valence-corrected chi connectivity index (χ3v) is 5.08. The van der Waals surface area contributed by atoms with Gasteiger partial charge in [-0.1, -0.05) is 31.5 Å². The average Bonchev–Trinajstić information content (AvgIpc) is 3.01. The zero-order valence-corrected chi connectivity index (χ0v) is 19.4. The van der Waals surface area contributed by atoms with Crippen molar-refractivity contribution in [3.8, 4) is 5.75 Å². The molecule has 0 bridgehead atoms. The van der Waals surface area contributed by atoms with Crippen LogP contribution in [0.5, 0.6) is 5.75 Å². The van der Waals surface area contributed by atoms with Crippen LogP contribution in [0, 0.1) is 12.8 Å². The lowest BCUT2D eigenvalue weighted by molar-refractivity contribution is -0.121. The maximum Gasteiger partial charge on any atom is 0.242 e. The highest BCUT2D eigenvalue weighted by Crippen LogP contribution is 2.26. The molecule has 1 aliphatic heterocycles. The lowest BCUT2D eigenvalue weighted by atomic mass is 10.2. The first-order valence-corrected chi connectivity index (χ1v) is 10.3. The van der Waals surface area contributed by atoms with Crippen LogP contribution < -0.4 is 9.64 Å². The van der Waals surface area contributed by atoms with Crippen LogP contribution in [-0.4, -0.2) is 53.4 Å². The summed E-state index contributed by atoms with van der Waals surface area (Å²) in [6.07, 6.45) is 1.83. The maximum absolute atomic E-state index is 12.6. The van der Waals surface area contributed by atoms with Gasteiger partial charge in [0.1, 0.15) is 5.75 Å². The molecular formula is C22H30Cl2N4O2. The van der Waals surface area contributed by atoms with Gasteiger partial charge < -0.3 is 4.74 Å². The standard InChI is InChI=1S/C22H29ClN4O2.ClH/c1-5-8-25-9-10-26(22(28)14-25)21-11-17(4)27(24-21)13-18-12-19(23)6-7-20(18)29-15-16(2)3;/h5-7,11-12,16H,1,8-10,13-15H2,2-4H3;1H. The predicted octanol–water partition coefficient (Wildman–Crippen LogP) is 4.18. The Bertz CT molecular complexity index is 882. The summed E-state index contributed by atoms with van der Waals surface area (Å²) in [5.41, 5.74) is 1.95. The van der Waals surface area contributed by atoms with Crippen molar-refractivity contribution in [1.29, 1.82) is 0 Å². The Morgan fingerprint density at radius 3 is 2.73 bits per heavy atom. The number of hydrogen-bond donors (Lipinski definition) is 0. The molecule has 1 fully saturated rings. The number of amides is 1. The van der Waals surface area contributed by atoms with Crippen molar-refractivity contribution in [2.75, 3.05) is 37.7 Å². The summed E-state index contributed by atoms with van der Waals surface area (Å²) in [5, 5.41) is 5.36. The minimum atomic E-state index is 0. The number of rotatable bonds is 8. The topological polar surface area (TPSA) is 50.6 Å². The largest absolute Gasteiger partial charge is 0.493 e. The molecular weight excluding hydrogens is 423 g/mol. The Labute approximate surface area is 189 Å². The number of anilines is 1. The molecule has 1 aromatic heterocycles. The molecule has 2 heterocycles. The van der Waals surface area contributed by atoms with E-state index in [0.29, 0.717) is 43.0 Å². The molecule has 3 rings (SSSR count). The fraction of sp³-hybridized carbons (Fsp3) is 0.455. The first-order chi connectivity index (χ1) is 13.9. The van der Waals surface area contributed by atoms with E-state index < -0.39 is 0 Å². The second kappa shape index (κ2) is 10.8. The molecule has 2 aromatic rings. The van der Waals surface area contributed by atoms with Gasteiger partial charge in [0.25, 0.3) is 0 Å². The highest BCUT2D eigenvalue weighted by molar-refractivity contribution is 6.30. The first-order valence-electron chi connectivity index (χ1n) is 9.96. The summed E-state index contributed by atoms with van der Waals surface area (Å²) in [4.78, 5) is 16.4. The fourth-order valence-corrected chi connectivity index (χ4v) is 3.51. The quantitative estimate of drug-likeness (QED) is 0.563. The van der Waals surface area contributed by atoms with E-state index in [-0.39, 0.29) is 18.3 Å². The van der Waals surface area contributed by atoms with Gasteiger partial charge in [-0.25, -0.2) is 0 Å². The van der Waals surface area contributed by atoms with E-state index in [2.05, 4.69) is 25.3 Å². The zero-order chi connectivity index (χ0) is 21.0. The van der Waals surface area contributed by atoms with E-state index in [0.717, 1.165) is 30.1 Å². The van der Waals surface area contributed by atoms with Gasteiger partial charge in [0.05, 0.1) is 19.7 Å². The minimum absolute atomic E-state index is 0. The van der Waals surface area contributed by atoms with Crippen molar-refractivity contribution < 1.29 is 9.53 Å². The van der Waals surface area contributed by atoms with E-state index in [1.54, 1.807) is 4.90 Å². The predicted molar refractivity (Wildman–Crippen MR) is 124 cm³/mol. The smallest absolute Gasteiger partial charge is 0.242 e. The van der Waals surface area contributed by atoms with E-state index in [1.165, 1.54) is 0 Å². The second-order valence-corrected chi connectivity index (χ2v) is 8.26. The van der Waals surface area contributed by atoms with Gasteiger partial charge in [-0.15, -0.1) is 19.0 Å². The fourth-order valence-electron chi connectivity index (χ4n) is 3.32. The molecule has 0 spiro atoms. The Hall–Kier alpha value is -2.02. The number of nitrogens with zero attached hydrogens (tertiary/aromatic N) is 4. The summed E-state index contributed by atoms with van der Waals surface area (Å²) in [7, 11) is 0. The van der Waals surface area contributed by atoms with Gasteiger partial charge in [-0.05, 0) is 31.0 Å². The number of ether oxygens (including phenoxy) is 1. The van der Waals surface area contributed by atoms with E-state index in [9.17, 15) is 4.79 Å². The number of aromatic nitrogens is 2. The normalized spacial score (nSPS) is 14.7.